The Morgan fingerprint density at radius 3 is 2.17 bits per heavy atom. The molecular formula is C15H22N2O. The average molecular weight is 246 g/mol. The molecule has 3 nitrogen and oxygen atoms in total. The number of amides is 1. The van der Waals surface area contributed by atoms with Crippen molar-refractivity contribution in [1.82, 2.24) is 4.98 Å². The Labute approximate surface area is 109 Å². The molecule has 1 aliphatic carbocycles. The molecule has 0 aromatic carbocycles. The normalized spacial score (nSPS) is 20.6. The number of nitrogens with zero attached hydrogens (tertiary/aromatic N) is 1. The van der Waals surface area contributed by atoms with E-state index in [1.165, 1.54) is 0 Å². The first-order valence-corrected chi connectivity index (χ1v) is 6.42. The van der Waals surface area contributed by atoms with Gasteiger partial charge in [0.2, 0.25) is 5.91 Å². The zero-order valence-electron chi connectivity index (χ0n) is 12.1. The Hall–Kier alpha value is -1.38. The Balaban J connectivity index is 2.14. The third kappa shape index (κ3) is 1.92. The first-order chi connectivity index (χ1) is 8.16. The summed E-state index contributed by atoms with van der Waals surface area (Å²) in [6, 6.07) is 3.91. The van der Waals surface area contributed by atoms with Crippen molar-refractivity contribution >= 4 is 11.7 Å². The van der Waals surface area contributed by atoms with E-state index >= 15 is 0 Å². The number of anilines is 1. The molecule has 3 heteroatoms. The summed E-state index contributed by atoms with van der Waals surface area (Å²) in [7, 11) is 0. The van der Waals surface area contributed by atoms with Crippen molar-refractivity contribution in [2.75, 3.05) is 5.32 Å². The predicted octanol–water partition coefficient (Wildman–Crippen LogP) is 3.32. The van der Waals surface area contributed by atoms with Crippen molar-refractivity contribution in [3.8, 4) is 0 Å². The van der Waals surface area contributed by atoms with Gasteiger partial charge < -0.3 is 5.32 Å². The molecule has 1 heterocycles. The molecular weight excluding hydrogens is 224 g/mol. The van der Waals surface area contributed by atoms with Crippen LogP contribution in [0.3, 0.4) is 0 Å². The van der Waals surface area contributed by atoms with Gasteiger partial charge in [-0.25, -0.2) is 4.98 Å². The highest BCUT2D eigenvalue weighted by Crippen LogP contribution is 2.68. The van der Waals surface area contributed by atoms with Crippen LogP contribution in [0.25, 0.3) is 0 Å². The van der Waals surface area contributed by atoms with Crippen LogP contribution in [-0.4, -0.2) is 10.9 Å². The largest absolute Gasteiger partial charge is 0.310 e. The summed E-state index contributed by atoms with van der Waals surface area (Å²) in [5.74, 6) is 0.811. The number of carbonyl (C=O) groups is 1. The second-order valence-electron chi connectivity index (χ2n) is 6.54. The highest BCUT2D eigenvalue weighted by molar-refractivity contribution is 5.95. The molecule has 1 aliphatic rings. The molecule has 1 N–H and O–H groups in total. The van der Waals surface area contributed by atoms with E-state index in [1.807, 2.05) is 26.0 Å². The second-order valence-corrected chi connectivity index (χ2v) is 6.54. The molecule has 98 valence electrons. The maximum absolute atomic E-state index is 12.3. The lowest BCUT2D eigenvalue weighted by atomic mass is 10.0. The molecule has 1 saturated carbocycles. The molecule has 0 spiro atoms. The molecule has 0 unspecified atom stereocenters. The topological polar surface area (TPSA) is 42.0 Å². The van der Waals surface area contributed by atoms with Gasteiger partial charge >= 0.3 is 0 Å². The van der Waals surface area contributed by atoms with Gasteiger partial charge in [0.05, 0.1) is 0 Å². The Morgan fingerprint density at radius 1 is 1.17 bits per heavy atom. The molecule has 2 rings (SSSR count). The molecule has 18 heavy (non-hydrogen) atoms. The van der Waals surface area contributed by atoms with Crippen molar-refractivity contribution in [3.63, 3.8) is 0 Å². The van der Waals surface area contributed by atoms with Gasteiger partial charge in [-0.15, -0.1) is 0 Å². The SMILES string of the molecule is Cc1cc(C)nc(NC(=O)C2C(C)(C)C2(C)C)c1. The molecule has 1 aromatic heterocycles. The maximum Gasteiger partial charge on any atom is 0.229 e. The van der Waals surface area contributed by atoms with Gasteiger partial charge in [0.15, 0.2) is 0 Å². The standard InChI is InChI=1S/C15H22N2O/c1-9-7-10(2)16-11(8-9)17-13(18)12-14(3,4)15(12,5)6/h7-8,12H,1-6H3,(H,16,17,18). The molecule has 1 fully saturated rings. The lowest BCUT2D eigenvalue weighted by Gasteiger charge is -2.07. The number of nitrogens with one attached hydrogen (secondary N) is 1. The van der Waals surface area contributed by atoms with Crippen molar-refractivity contribution in [3.05, 3.63) is 23.4 Å². The molecule has 0 aliphatic heterocycles. The lowest BCUT2D eigenvalue weighted by molar-refractivity contribution is -0.118. The van der Waals surface area contributed by atoms with Crippen molar-refractivity contribution in [2.24, 2.45) is 16.7 Å². The average Bonchev–Trinajstić information content (AvgIpc) is 2.54. The lowest BCUT2D eigenvalue weighted by Crippen LogP contribution is -2.18. The molecule has 0 bridgehead atoms. The van der Waals surface area contributed by atoms with E-state index < -0.39 is 0 Å². The van der Waals surface area contributed by atoms with Crippen molar-refractivity contribution < 1.29 is 4.79 Å². The van der Waals surface area contributed by atoms with Crippen molar-refractivity contribution in [2.45, 2.75) is 41.5 Å². The summed E-state index contributed by atoms with van der Waals surface area (Å²) in [6.07, 6.45) is 0. The van der Waals surface area contributed by atoms with Crippen LogP contribution in [0.2, 0.25) is 0 Å². The van der Waals surface area contributed by atoms with Gasteiger partial charge in [-0.05, 0) is 42.4 Å². The number of aryl methyl sites for hydroxylation is 2. The van der Waals surface area contributed by atoms with Crippen LogP contribution in [0.5, 0.6) is 0 Å². The quantitative estimate of drug-likeness (QED) is 0.869. The van der Waals surface area contributed by atoms with Crippen LogP contribution in [-0.2, 0) is 4.79 Å². The fourth-order valence-electron chi connectivity index (χ4n) is 2.96. The second kappa shape index (κ2) is 3.81. The molecule has 0 saturated heterocycles. The number of hydrogen-bond donors (Lipinski definition) is 1. The number of rotatable bonds is 2. The van der Waals surface area contributed by atoms with Gasteiger partial charge in [0.1, 0.15) is 5.82 Å². The molecule has 1 aromatic rings. The monoisotopic (exact) mass is 246 g/mol. The van der Waals surface area contributed by atoms with Gasteiger partial charge in [0, 0.05) is 11.6 Å². The predicted molar refractivity (Wildman–Crippen MR) is 73.4 cm³/mol. The maximum atomic E-state index is 12.3. The fraction of sp³-hybridized carbons (Fsp3) is 0.600. The number of hydrogen-bond acceptors (Lipinski definition) is 2. The Morgan fingerprint density at radius 2 is 1.72 bits per heavy atom. The van der Waals surface area contributed by atoms with E-state index in [1.54, 1.807) is 0 Å². The van der Waals surface area contributed by atoms with Crippen molar-refractivity contribution in [1.29, 1.82) is 0 Å². The third-order valence-corrected chi connectivity index (χ3v) is 4.63. The van der Waals surface area contributed by atoms with E-state index in [0.717, 1.165) is 11.3 Å². The van der Waals surface area contributed by atoms with E-state index in [0.29, 0.717) is 5.82 Å². The first-order valence-electron chi connectivity index (χ1n) is 6.42. The molecule has 1 amide bonds. The number of pyridine rings is 1. The first kappa shape index (κ1) is 13.1. The van der Waals surface area contributed by atoms with Gasteiger partial charge in [-0.2, -0.15) is 0 Å². The summed E-state index contributed by atoms with van der Waals surface area (Å²) in [5.41, 5.74) is 2.18. The van der Waals surface area contributed by atoms with Crippen LogP contribution in [0.4, 0.5) is 5.82 Å². The van der Waals surface area contributed by atoms with Crippen LogP contribution < -0.4 is 5.32 Å². The van der Waals surface area contributed by atoms with Gasteiger partial charge in [-0.1, -0.05) is 27.7 Å². The van der Waals surface area contributed by atoms with Gasteiger partial charge in [0.25, 0.3) is 0 Å². The minimum absolute atomic E-state index is 0.0626. The zero-order chi connectivity index (χ0) is 13.7. The third-order valence-electron chi connectivity index (χ3n) is 4.63. The zero-order valence-corrected chi connectivity index (χ0v) is 12.1. The van der Waals surface area contributed by atoms with E-state index in [2.05, 4.69) is 38.0 Å². The minimum Gasteiger partial charge on any atom is -0.310 e. The van der Waals surface area contributed by atoms with E-state index in [9.17, 15) is 4.79 Å². The Bertz CT molecular complexity index is 469. The summed E-state index contributed by atoms with van der Waals surface area (Å²) < 4.78 is 0. The number of carbonyl (C=O) groups excluding carboxylic acids is 1. The fourth-order valence-corrected chi connectivity index (χ4v) is 2.96. The Kier molecular flexibility index (Phi) is 2.76. The summed E-state index contributed by atoms with van der Waals surface area (Å²) in [4.78, 5) is 16.6. The smallest absolute Gasteiger partial charge is 0.229 e. The summed E-state index contributed by atoms with van der Waals surface area (Å²) in [6.45, 7) is 12.5. The van der Waals surface area contributed by atoms with Crippen LogP contribution >= 0.6 is 0 Å². The number of aromatic nitrogens is 1. The van der Waals surface area contributed by atoms with Crippen LogP contribution in [0.1, 0.15) is 39.0 Å². The van der Waals surface area contributed by atoms with Crippen LogP contribution in [0, 0.1) is 30.6 Å². The van der Waals surface area contributed by atoms with Crippen LogP contribution in [0.15, 0.2) is 12.1 Å². The molecule has 0 atom stereocenters. The highest BCUT2D eigenvalue weighted by Gasteiger charge is 2.68. The van der Waals surface area contributed by atoms with E-state index in [4.69, 9.17) is 0 Å². The molecule has 0 radical (unpaired) electrons. The summed E-state index contributed by atoms with van der Waals surface area (Å²) in [5, 5.41) is 2.95. The van der Waals surface area contributed by atoms with Gasteiger partial charge in [-0.3, -0.25) is 4.79 Å². The summed E-state index contributed by atoms with van der Waals surface area (Å²) >= 11 is 0. The highest BCUT2D eigenvalue weighted by atomic mass is 16.2. The van der Waals surface area contributed by atoms with E-state index in [-0.39, 0.29) is 22.7 Å². The minimum atomic E-state index is 0.0626.